The molecule has 1 aromatic rings. The molecule has 0 saturated carbocycles. The van der Waals surface area contributed by atoms with Gasteiger partial charge in [-0.25, -0.2) is 0 Å². The molecule has 2 amide bonds. The van der Waals surface area contributed by atoms with Crippen LogP contribution in [0.15, 0.2) is 6.20 Å². The fourth-order valence-electron chi connectivity index (χ4n) is 2.08. The van der Waals surface area contributed by atoms with Crippen LogP contribution in [-0.2, 0) is 23.2 Å². The molecule has 0 bridgehead atoms. The van der Waals surface area contributed by atoms with Crippen LogP contribution in [0.3, 0.4) is 0 Å². The first-order chi connectivity index (χ1) is 8.47. The van der Waals surface area contributed by atoms with Gasteiger partial charge in [0.2, 0.25) is 11.8 Å². The molecule has 1 aromatic heterocycles. The minimum atomic E-state index is -0.487. The second kappa shape index (κ2) is 4.75. The molecule has 2 unspecified atom stereocenters. The van der Waals surface area contributed by atoms with Gasteiger partial charge in [0.25, 0.3) is 0 Å². The van der Waals surface area contributed by atoms with Gasteiger partial charge in [0, 0.05) is 25.7 Å². The third-order valence-corrected chi connectivity index (χ3v) is 3.03. The molecule has 7 heteroatoms. The predicted octanol–water partition coefficient (Wildman–Crippen LogP) is -0.559. The average Bonchev–Trinajstić information content (AvgIpc) is 2.66. The molecule has 0 aliphatic carbocycles. The van der Waals surface area contributed by atoms with E-state index in [0.717, 1.165) is 5.69 Å². The molecule has 18 heavy (non-hydrogen) atoms. The summed E-state index contributed by atoms with van der Waals surface area (Å²) in [6, 6.07) is -0.622. The zero-order valence-electron chi connectivity index (χ0n) is 10.8. The number of aryl methyl sites for hydroxylation is 1. The van der Waals surface area contributed by atoms with Crippen LogP contribution in [0.25, 0.3) is 0 Å². The van der Waals surface area contributed by atoms with Crippen molar-refractivity contribution < 1.29 is 9.59 Å². The first-order valence-electron chi connectivity index (χ1n) is 5.92. The van der Waals surface area contributed by atoms with E-state index in [9.17, 15) is 9.59 Å². The molecule has 0 radical (unpaired) electrons. The van der Waals surface area contributed by atoms with Crippen LogP contribution in [0.2, 0.25) is 0 Å². The Morgan fingerprint density at radius 1 is 1.44 bits per heavy atom. The highest BCUT2D eigenvalue weighted by Gasteiger charge is 2.31. The molecule has 1 aliphatic rings. The van der Waals surface area contributed by atoms with Crippen LogP contribution in [0, 0.1) is 0 Å². The lowest BCUT2D eigenvalue weighted by atomic mass is 10.2. The Bertz CT molecular complexity index is 470. The van der Waals surface area contributed by atoms with E-state index in [2.05, 4.69) is 15.6 Å². The van der Waals surface area contributed by atoms with Crippen molar-refractivity contribution in [1.29, 1.82) is 0 Å². The van der Waals surface area contributed by atoms with Crippen LogP contribution in [-0.4, -0.2) is 43.8 Å². The molecule has 2 atom stereocenters. The Balaban J connectivity index is 2.18. The third kappa shape index (κ3) is 2.49. The topological polar surface area (TPSA) is 80.1 Å². The smallest absolute Gasteiger partial charge is 0.245 e. The molecule has 1 aliphatic heterocycles. The minimum Gasteiger partial charge on any atom is -0.345 e. The van der Waals surface area contributed by atoms with Crippen LogP contribution in [0.1, 0.15) is 26.0 Å². The van der Waals surface area contributed by atoms with Gasteiger partial charge in [0.15, 0.2) is 0 Å². The first kappa shape index (κ1) is 12.5. The fourth-order valence-corrected chi connectivity index (χ4v) is 2.08. The number of hydrogen-bond acceptors (Lipinski definition) is 4. The second-order valence-corrected chi connectivity index (χ2v) is 4.69. The van der Waals surface area contributed by atoms with E-state index in [-0.39, 0.29) is 17.9 Å². The maximum Gasteiger partial charge on any atom is 0.245 e. The number of nitrogens with one attached hydrogen (secondary N) is 1. The Morgan fingerprint density at radius 2 is 2.17 bits per heavy atom. The number of hydrogen-bond donors (Lipinski definition) is 1. The molecule has 0 spiro atoms. The molecular formula is C11H17N5O2. The van der Waals surface area contributed by atoms with Gasteiger partial charge in [-0.2, -0.15) is 0 Å². The van der Waals surface area contributed by atoms with E-state index in [4.69, 9.17) is 0 Å². The van der Waals surface area contributed by atoms with Gasteiger partial charge in [0.05, 0.1) is 6.54 Å². The van der Waals surface area contributed by atoms with Crippen molar-refractivity contribution in [2.45, 2.75) is 38.9 Å². The normalized spacial score (nSPS) is 24.9. The number of amides is 2. The molecule has 2 heterocycles. The van der Waals surface area contributed by atoms with E-state index < -0.39 is 6.04 Å². The van der Waals surface area contributed by atoms with Crippen LogP contribution < -0.4 is 5.32 Å². The number of carbonyl (C=O) groups is 2. The largest absolute Gasteiger partial charge is 0.345 e. The molecule has 1 saturated heterocycles. The van der Waals surface area contributed by atoms with Crippen molar-refractivity contribution in [2.75, 3.05) is 0 Å². The Morgan fingerprint density at radius 3 is 2.78 bits per heavy atom. The monoisotopic (exact) mass is 251 g/mol. The summed E-state index contributed by atoms with van der Waals surface area (Å²) in [5, 5.41) is 10.5. The number of carbonyl (C=O) groups excluding carboxylic acids is 2. The van der Waals surface area contributed by atoms with Gasteiger partial charge in [-0.15, -0.1) is 5.10 Å². The lowest BCUT2D eigenvalue weighted by molar-refractivity contribution is -0.135. The van der Waals surface area contributed by atoms with Gasteiger partial charge < -0.3 is 10.2 Å². The van der Waals surface area contributed by atoms with Crippen LogP contribution >= 0.6 is 0 Å². The van der Waals surface area contributed by atoms with Crippen LogP contribution in [0.5, 0.6) is 0 Å². The van der Waals surface area contributed by atoms with Crippen molar-refractivity contribution in [1.82, 2.24) is 25.2 Å². The van der Waals surface area contributed by atoms with E-state index in [1.165, 1.54) is 0 Å². The lowest BCUT2D eigenvalue weighted by Gasteiger charge is -2.26. The highest BCUT2D eigenvalue weighted by Crippen LogP contribution is 2.14. The van der Waals surface area contributed by atoms with E-state index in [1.807, 2.05) is 6.92 Å². The summed E-state index contributed by atoms with van der Waals surface area (Å²) >= 11 is 0. The molecule has 98 valence electrons. The third-order valence-electron chi connectivity index (χ3n) is 3.03. The van der Waals surface area contributed by atoms with Crippen molar-refractivity contribution in [3.05, 3.63) is 11.9 Å². The molecule has 7 nitrogen and oxygen atoms in total. The summed E-state index contributed by atoms with van der Waals surface area (Å²) in [6.45, 7) is 3.95. The summed E-state index contributed by atoms with van der Waals surface area (Å²) in [5.74, 6) is -0.177. The average molecular weight is 251 g/mol. The van der Waals surface area contributed by atoms with Crippen molar-refractivity contribution in [2.24, 2.45) is 7.05 Å². The van der Waals surface area contributed by atoms with Crippen molar-refractivity contribution in [3.8, 4) is 0 Å². The lowest BCUT2D eigenvalue weighted by Crippen LogP contribution is -2.44. The summed E-state index contributed by atoms with van der Waals surface area (Å²) in [5.41, 5.74) is 0.722. The number of aromatic nitrogens is 3. The quantitative estimate of drug-likeness (QED) is 0.764. The van der Waals surface area contributed by atoms with Crippen molar-refractivity contribution in [3.63, 3.8) is 0 Å². The number of rotatable bonds is 2. The predicted molar refractivity (Wildman–Crippen MR) is 63.2 cm³/mol. The molecular weight excluding hydrogens is 234 g/mol. The maximum atomic E-state index is 12.2. The summed E-state index contributed by atoms with van der Waals surface area (Å²) in [7, 11) is 1.78. The first-order valence-corrected chi connectivity index (χ1v) is 5.92. The molecule has 1 fully saturated rings. The van der Waals surface area contributed by atoms with Gasteiger partial charge in [-0.05, 0) is 13.8 Å². The van der Waals surface area contributed by atoms with Gasteiger partial charge in [0.1, 0.15) is 11.7 Å². The molecule has 0 aromatic carbocycles. The van der Waals surface area contributed by atoms with Gasteiger partial charge >= 0.3 is 0 Å². The Kier molecular flexibility index (Phi) is 3.31. The zero-order valence-corrected chi connectivity index (χ0v) is 10.8. The fraction of sp³-hybridized carbons (Fsp3) is 0.636. The van der Waals surface area contributed by atoms with E-state index in [1.54, 1.807) is 29.7 Å². The Hall–Kier alpha value is -1.92. The van der Waals surface area contributed by atoms with E-state index in [0.29, 0.717) is 13.0 Å². The standard InChI is InChI=1S/C11H17N5O2/c1-7-4-10(17)12-8(2)11(18)16(7)6-9-5-15(3)14-13-9/h5,7-8H,4,6H2,1-3H3,(H,12,17). The summed E-state index contributed by atoms with van der Waals surface area (Å²) in [6.07, 6.45) is 2.08. The maximum absolute atomic E-state index is 12.2. The van der Waals surface area contributed by atoms with E-state index >= 15 is 0 Å². The zero-order chi connectivity index (χ0) is 13.3. The molecule has 1 N–H and O–H groups in total. The van der Waals surface area contributed by atoms with Gasteiger partial charge in [-0.1, -0.05) is 5.21 Å². The summed E-state index contributed by atoms with van der Waals surface area (Å²) in [4.78, 5) is 25.4. The Labute approximate surface area is 105 Å². The highest BCUT2D eigenvalue weighted by molar-refractivity contribution is 5.90. The summed E-state index contributed by atoms with van der Waals surface area (Å²) < 4.78 is 1.59. The highest BCUT2D eigenvalue weighted by atomic mass is 16.2. The van der Waals surface area contributed by atoms with Crippen molar-refractivity contribution >= 4 is 11.8 Å². The van der Waals surface area contributed by atoms with Gasteiger partial charge in [-0.3, -0.25) is 14.3 Å². The minimum absolute atomic E-state index is 0.0843. The second-order valence-electron chi connectivity index (χ2n) is 4.69. The van der Waals surface area contributed by atoms with Crippen LogP contribution in [0.4, 0.5) is 0 Å². The molecule has 2 rings (SSSR count). The SMILES string of the molecule is CC1NC(=O)CC(C)N(Cc2cn(C)nn2)C1=O. The number of nitrogens with zero attached hydrogens (tertiary/aromatic N) is 4.